The van der Waals surface area contributed by atoms with Gasteiger partial charge in [0.25, 0.3) is 0 Å². The zero-order chi connectivity index (χ0) is 22.0. The minimum atomic E-state index is -3.55. The number of piperazine rings is 1. The zero-order valence-electron chi connectivity index (χ0n) is 17.8. The first-order valence-electron chi connectivity index (χ1n) is 10.6. The molecule has 0 aliphatic carbocycles. The van der Waals surface area contributed by atoms with Crippen molar-refractivity contribution in [3.8, 4) is 0 Å². The summed E-state index contributed by atoms with van der Waals surface area (Å²) in [6, 6.07) is 14.6. The molecule has 164 valence electrons. The second kappa shape index (κ2) is 8.80. The molecule has 0 saturated carbocycles. The molecule has 0 atom stereocenters. The Morgan fingerprint density at radius 3 is 2.35 bits per heavy atom. The van der Waals surface area contributed by atoms with Crippen molar-refractivity contribution in [1.82, 2.24) is 14.2 Å². The largest absolute Gasteiger partial charge is 0.441 e. The van der Waals surface area contributed by atoms with E-state index in [9.17, 15) is 13.2 Å². The Morgan fingerprint density at radius 1 is 1.03 bits per heavy atom. The maximum atomic E-state index is 12.9. The van der Waals surface area contributed by atoms with Crippen molar-refractivity contribution in [2.45, 2.75) is 37.5 Å². The molecular formula is C23H27N3O4S. The average molecular weight is 442 g/mol. The normalized spacial score (nSPS) is 15.6. The third-order valence-corrected chi connectivity index (χ3v) is 7.58. The minimum absolute atomic E-state index is 0.0133. The first kappa shape index (κ1) is 21.5. The molecule has 0 unspecified atom stereocenters. The Kier molecular flexibility index (Phi) is 6.11. The first-order chi connectivity index (χ1) is 14.8. The fourth-order valence-electron chi connectivity index (χ4n) is 3.75. The SMILES string of the molecule is CC(C)c1ccc(S(=O)(=O)N2CCN(C(=O)CCc3nc4ccccc4o3)CC2)cc1. The molecule has 1 amide bonds. The van der Waals surface area contributed by atoms with E-state index < -0.39 is 10.0 Å². The van der Waals surface area contributed by atoms with Crippen molar-refractivity contribution in [1.29, 1.82) is 0 Å². The van der Waals surface area contributed by atoms with Crippen molar-refractivity contribution in [3.63, 3.8) is 0 Å². The highest BCUT2D eigenvalue weighted by molar-refractivity contribution is 7.89. The predicted molar refractivity (Wildman–Crippen MR) is 118 cm³/mol. The molecule has 1 fully saturated rings. The molecule has 1 saturated heterocycles. The van der Waals surface area contributed by atoms with Crippen LogP contribution in [0.3, 0.4) is 0 Å². The van der Waals surface area contributed by atoms with Crippen LogP contribution in [0.2, 0.25) is 0 Å². The van der Waals surface area contributed by atoms with Crippen molar-refractivity contribution >= 4 is 27.0 Å². The molecule has 1 aromatic heterocycles. The van der Waals surface area contributed by atoms with Crippen LogP contribution < -0.4 is 0 Å². The number of nitrogens with zero attached hydrogens (tertiary/aromatic N) is 3. The summed E-state index contributed by atoms with van der Waals surface area (Å²) in [4.78, 5) is 19.0. The number of sulfonamides is 1. The highest BCUT2D eigenvalue weighted by Gasteiger charge is 2.30. The number of benzene rings is 2. The van der Waals surface area contributed by atoms with Crippen LogP contribution in [0.25, 0.3) is 11.1 Å². The number of carbonyl (C=O) groups excluding carboxylic acids is 1. The van der Waals surface area contributed by atoms with Gasteiger partial charge >= 0.3 is 0 Å². The summed E-state index contributed by atoms with van der Waals surface area (Å²) in [6.07, 6.45) is 0.713. The third-order valence-electron chi connectivity index (χ3n) is 5.67. The molecule has 0 spiro atoms. The number of hydrogen-bond acceptors (Lipinski definition) is 5. The number of oxazole rings is 1. The molecule has 1 aliphatic heterocycles. The first-order valence-corrected chi connectivity index (χ1v) is 12.0. The smallest absolute Gasteiger partial charge is 0.243 e. The number of carbonyl (C=O) groups is 1. The standard InChI is InChI=1S/C23H27N3O4S/c1-17(2)18-7-9-19(10-8-18)31(28,29)26-15-13-25(14-16-26)23(27)12-11-22-24-20-5-3-4-6-21(20)30-22/h3-10,17H,11-16H2,1-2H3. The Hall–Kier alpha value is -2.71. The molecule has 8 heteroatoms. The molecule has 3 aromatic rings. The van der Waals surface area contributed by atoms with Crippen LogP contribution in [0, 0.1) is 0 Å². The topological polar surface area (TPSA) is 83.7 Å². The van der Waals surface area contributed by atoms with Crippen molar-refractivity contribution in [3.05, 3.63) is 60.0 Å². The average Bonchev–Trinajstić information content (AvgIpc) is 3.20. The Balaban J connectivity index is 1.32. The van der Waals surface area contributed by atoms with Gasteiger partial charge in [0.2, 0.25) is 15.9 Å². The second-order valence-electron chi connectivity index (χ2n) is 8.08. The summed E-state index contributed by atoms with van der Waals surface area (Å²) in [6.45, 7) is 5.51. The van der Waals surface area contributed by atoms with Crippen molar-refractivity contribution in [2.24, 2.45) is 0 Å². The van der Waals surface area contributed by atoms with E-state index in [0.717, 1.165) is 11.1 Å². The minimum Gasteiger partial charge on any atom is -0.441 e. The van der Waals surface area contributed by atoms with Gasteiger partial charge in [-0.3, -0.25) is 4.79 Å². The molecular weight excluding hydrogens is 414 g/mol. The van der Waals surface area contributed by atoms with Gasteiger partial charge in [0.15, 0.2) is 11.5 Å². The molecule has 4 rings (SSSR count). The van der Waals surface area contributed by atoms with Gasteiger partial charge < -0.3 is 9.32 Å². The van der Waals surface area contributed by atoms with Gasteiger partial charge in [0.1, 0.15) is 5.52 Å². The van der Waals surface area contributed by atoms with E-state index in [2.05, 4.69) is 18.8 Å². The van der Waals surface area contributed by atoms with E-state index in [0.29, 0.717) is 54.9 Å². The summed E-state index contributed by atoms with van der Waals surface area (Å²) in [7, 11) is -3.55. The second-order valence-corrected chi connectivity index (χ2v) is 10.0. The van der Waals surface area contributed by atoms with E-state index in [1.807, 2.05) is 36.4 Å². The van der Waals surface area contributed by atoms with Crippen LogP contribution in [0.1, 0.15) is 37.6 Å². The lowest BCUT2D eigenvalue weighted by atomic mass is 10.0. The monoisotopic (exact) mass is 441 g/mol. The maximum absolute atomic E-state index is 12.9. The molecule has 7 nitrogen and oxygen atoms in total. The fraction of sp³-hybridized carbons (Fsp3) is 0.391. The quantitative estimate of drug-likeness (QED) is 0.585. The number of amides is 1. The van der Waals surface area contributed by atoms with Gasteiger partial charge in [-0.1, -0.05) is 38.1 Å². The zero-order valence-corrected chi connectivity index (χ0v) is 18.6. The van der Waals surface area contributed by atoms with Crippen LogP contribution >= 0.6 is 0 Å². The lowest BCUT2D eigenvalue weighted by molar-refractivity contribution is -0.132. The van der Waals surface area contributed by atoms with Crippen molar-refractivity contribution in [2.75, 3.05) is 26.2 Å². The van der Waals surface area contributed by atoms with E-state index >= 15 is 0 Å². The molecule has 0 N–H and O–H groups in total. The number of hydrogen-bond donors (Lipinski definition) is 0. The highest BCUT2D eigenvalue weighted by Crippen LogP contribution is 2.22. The van der Waals surface area contributed by atoms with E-state index in [-0.39, 0.29) is 12.3 Å². The molecule has 31 heavy (non-hydrogen) atoms. The number of rotatable bonds is 6. The van der Waals surface area contributed by atoms with Crippen LogP contribution in [-0.4, -0.2) is 54.7 Å². The number of aryl methyl sites for hydroxylation is 1. The fourth-order valence-corrected chi connectivity index (χ4v) is 5.17. The summed E-state index contributed by atoms with van der Waals surface area (Å²) in [5, 5.41) is 0. The lowest BCUT2D eigenvalue weighted by Gasteiger charge is -2.34. The Morgan fingerprint density at radius 2 is 1.71 bits per heavy atom. The molecule has 2 aromatic carbocycles. The molecule has 0 radical (unpaired) electrons. The lowest BCUT2D eigenvalue weighted by Crippen LogP contribution is -2.50. The molecule has 1 aliphatic rings. The van der Waals surface area contributed by atoms with Gasteiger partial charge in [-0.05, 0) is 35.7 Å². The molecule has 0 bridgehead atoms. The van der Waals surface area contributed by atoms with Gasteiger partial charge in [0.05, 0.1) is 4.90 Å². The van der Waals surface area contributed by atoms with Gasteiger partial charge in [-0.25, -0.2) is 13.4 Å². The summed E-state index contributed by atoms with van der Waals surface area (Å²) in [5.41, 5.74) is 2.60. The van der Waals surface area contributed by atoms with Crippen LogP contribution in [0.15, 0.2) is 57.8 Å². The summed E-state index contributed by atoms with van der Waals surface area (Å²) < 4.78 is 33.0. The number of aromatic nitrogens is 1. The summed E-state index contributed by atoms with van der Waals surface area (Å²) in [5.74, 6) is 0.877. The number of fused-ring (bicyclic) bond motifs is 1. The Bertz CT molecular complexity index is 1130. The Labute approximate surface area is 182 Å². The van der Waals surface area contributed by atoms with E-state index in [1.165, 1.54) is 4.31 Å². The van der Waals surface area contributed by atoms with Crippen LogP contribution in [-0.2, 0) is 21.2 Å². The van der Waals surface area contributed by atoms with Gasteiger partial charge in [-0.2, -0.15) is 4.31 Å². The van der Waals surface area contributed by atoms with Gasteiger partial charge in [0, 0.05) is 39.0 Å². The van der Waals surface area contributed by atoms with E-state index in [1.54, 1.807) is 17.0 Å². The predicted octanol–water partition coefficient (Wildman–Crippen LogP) is 3.42. The van der Waals surface area contributed by atoms with Crippen LogP contribution in [0.4, 0.5) is 0 Å². The van der Waals surface area contributed by atoms with Crippen molar-refractivity contribution < 1.29 is 17.6 Å². The maximum Gasteiger partial charge on any atom is 0.243 e. The third kappa shape index (κ3) is 4.65. The number of para-hydroxylation sites is 2. The van der Waals surface area contributed by atoms with Gasteiger partial charge in [-0.15, -0.1) is 0 Å². The highest BCUT2D eigenvalue weighted by atomic mass is 32.2. The van der Waals surface area contributed by atoms with E-state index in [4.69, 9.17) is 4.42 Å². The summed E-state index contributed by atoms with van der Waals surface area (Å²) >= 11 is 0. The molecule has 2 heterocycles. The van der Waals surface area contributed by atoms with Crippen LogP contribution in [0.5, 0.6) is 0 Å².